The summed E-state index contributed by atoms with van der Waals surface area (Å²) in [7, 11) is 0. The summed E-state index contributed by atoms with van der Waals surface area (Å²) in [5.41, 5.74) is 7.23. The Kier molecular flexibility index (Phi) is 4.07. The molecule has 2 saturated heterocycles. The lowest BCUT2D eigenvalue weighted by Gasteiger charge is -2.27. The number of nitrogens with one attached hydrogen (secondary N) is 1. The first-order valence-electron chi connectivity index (χ1n) is 7.32. The van der Waals surface area contributed by atoms with E-state index in [0.717, 1.165) is 24.2 Å². The van der Waals surface area contributed by atoms with E-state index in [2.05, 4.69) is 5.32 Å². The van der Waals surface area contributed by atoms with E-state index >= 15 is 0 Å². The standard InChI is InChI=1S/C15H20FN3O2/c16-14-8-18-5-4-13(14)10-2-1-3-11(6-10)19-9-12(7-17)21-15(19)20/h1-3,6,12-14,18H,4-5,7-9,17H2/t12-,13?,14?/m0/s1. The van der Waals surface area contributed by atoms with E-state index in [0.29, 0.717) is 19.6 Å². The van der Waals surface area contributed by atoms with Gasteiger partial charge in [0.25, 0.3) is 0 Å². The number of ether oxygens (including phenoxy) is 1. The molecule has 21 heavy (non-hydrogen) atoms. The molecule has 1 aromatic rings. The molecule has 0 bridgehead atoms. The first-order chi connectivity index (χ1) is 10.2. The summed E-state index contributed by atoms with van der Waals surface area (Å²) in [5, 5.41) is 3.05. The third-order valence-corrected chi connectivity index (χ3v) is 4.16. The number of nitrogens with two attached hydrogens (primary N) is 1. The number of carbonyl (C=O) groups excluding carboxylic acids is 1. The van der Waals surface area contributed by atoms with Crippen LogP contribution in [0.4, 0.5) is 14.9 Å². The molecule has 3 rings (SSSR count). The molecule has 2 aliphatic heterocycles. The van der Waals surface area contributed by atoms with Gasteiger partial charge < -0.3 is 15.8 Å². The molecule has 0 saturated carbocycles. The molecule has 2 aliphatic rings. The molecule has 0 aromatic heterocycles. The summed E-state index contributed by atoms with van der Waals surface area (Å²) in [5.74, 6) is -0.116. The van der Waals surface area contributed by atoms with Gasteiger partial charge in [-0.1, -0.05) is 12.1 Å². The minimum atomic E-state index is -0.892. The smallest absolute Gasteiger partial charge is 0.414 e. The van der Waals surface area contributed by atoms with Gasteiger partial charge in [-0.25, -0.2) is 9.18 Å². The van der Waals surface area contributed by atoms with Gasteiger partial charge in [0, 0.05) is 24.7 Å². The summed E-state index contributed by atoms with van der Waals surface area (Å²) < 4.78 is 19.2. The van der Waals surface area contributed by atoms with E-state index < -0.39 is 6.17 Å². The first-order valence-corrected chi connectivity index (χ1v) is 7.32. The number of rotatable bonds is 3. The maximum absolute atomic E-state index is 14.1. The summed E-state index contributed by atoms with van der Waals surface area (Å²) in [6.45, 7) is 1.96. The minimum Gasteiger partial charge on any atom is -0.443 e. The van der Waals surface area contributed by atoms with Crippen molar-refractivity contribution >= 4 is 11.8 Å². The molecular weight excluding hydrogens is 273 g/mol. The summed E-state index contributed by atoms with van der Waals surface area (Å²) in [6, 6.07) is 7.52. The molecule has 2 fully saturated rings. The van der Waals surface area contributed by atoms with E-state index in [1.807, 2.05) is 24.3 Å². The van der Waals surface area contributed by atoms with Crippen molar-refractivity contribution in [1.29, 1.82) is 0 Å². The average Bonchev–Trinajstić information content (AvgIpc) is 2.89. The first kappa shape index (κ1) is 14.3. The topological polar surface area (TPSA) is 67.6 Å². The predicted molar refractivity (Wildman–Crippen MR) is 78.2 cm³/mol. The maximum Gasteiger partial charge on any atom is 0.414 e. The predicted octanol–water partition coefficient (Wildman–Crippen LogP) is 1.39. The number of nitrogens with zero attached hydrogens (tertiary/aromatic N) is 1. The summed E-state index contributed by atoms with van der Waals surface area (Å²) >= 11 is 0. The van der Waals surface area contributed by atoms with E-state index in [1.165, 1.54) is 0 Å². The molecule has 0 radical (unpaired) electrons. The van der Waals surface area contributed by atoms with Crippen LogP contribution in [0.3, 0.4) is 0 Å². The van der Waals surface area contributed by atoms with Gasteiger partial charge in [0.1, 0.15) is 12.3 Å². The highest BCUT2D eigenvalue weighted by Crippen LogP contribution is 2.31. The van der Waals surface area contributed by atoms with Crippen molar-refractivity contribution in [2.75, 3.05) is 31.1 Å². The van der Waals surface area contributed by atoms with Crippen molar-refractivity contribution in [1.82, 2.24) is 5.32 Å². The third kappa shape index (κ3) is 2.87. The number of alkyl halides is 1. The number of carbonyl (C=O) groups is 1. The fourth-order valence-corrected chi connectivity index (χ4v) is 2.97. The molecule has 2 heterocycles. The van der Waals surface area contributed by atoms with Gasteiger partial charge in [-0.15, -0.1) is 0 Å². The van der Waals surface area contributed by atoms with E-state index in [1.54, 1.807) is 4.90 Å². The van der Waals surface area contributed by atoms with Gasteiger partial charge in [0.05, 0.1) is 6.54 Å². The third-order valence-electron chi connectivity index (χ3n) is 4.16. The van der Waals surface area contributed by atoms with Gasteiger partial charge in [-0.2, -0.15) is 0 Å². The molecule has 3 atom stereocenters. The molecule has 3 N–H and O–H groups in total. The lowest BCUT2D eigenvalue weighted by atomic mass is 9.88. The van der Waals surface area contributed by atoms with Crippen molar-refractivity contribution in [3.8, 4) is 0 Å². The number of halogens is 1. The molecule has 114 valence electrons. The van der Waals surface area contributed by atoms with Crippen molar-refractivity contribution in [2.24, 2.45) is 5.73 Å². The largest absolute Gasteiger partial charge is 0.443 e. The monoisotopic (exact) mass is 293 g/mol. The van der Waals surface area contributed by atoms with Crippen LogP contribution in [-0.4, -0.2) is 44.5 Å². The highest BCUT2D eigenvalue weighted by molar-refractivity contribution is 5.89. The minimum absolute atomic E-state index is 0.116. The summed E-state index contributed by atoms with van der Waals surface area (Å²) in [6.07, 6.45) is -0.782. The van der Waals surface area contributed by atoms with Crippen LogP contribution in [-0.2, 0) is 4.74 Å². The Morgan fingerprint density at radius 1 is 1.48 bits per heavy atom. The number of piperidine rings is 1. The van der Waals surface area contributed by atoms with Gasteiger partial charge in [0.2, 0.25) is 0 Å². The Morgan fingerprint density at radius 3 is 3.05 bits per heavy atom. The molecule has 1 aromatic carbocycles. The Labute approximate surface area is 123 Å². The number of anilines is 1. The second-order valence-corrected chi connectivity index (χ2v) is 5.56. The molecule has 2 unspecified atom stereocenters. The number of cyclic esters (lactones) is 1. The van der Waals surface area contributed by atoms with Crippen molar-refractivity contribution < 1.29 is 13.9 Å². The Morgan fingerprint density at radius 2 is 2.33 bits per heavy atom. The zero-order chi connectivity index (χ0) is 14.8. The van der Waals surface area contributed by atoms with Gasteiger partial charge in [-0.3, -0.25) is 4.90 Å². The lowest BCUT2D eigenvalue weighted by Crippen LogP contribution is -2.36. The van der Waals surface area contributed by atoms with Gasteiger partial charge in [0.15, 0.2) is 0 Å². The number of hydrogen-bond donors (Lipinski definition) is 2. The second kappa shape index (κ2) is 5.99. The van der Waals surface area contributed by atoms with E-state index in [9.17, 15) is 9.18 Å². The lowest BCUT2D eigenvalue weighted by molar-refractivity contribution is 0.145. The number of benzene rings is 1. The average molecular weight is 293 g/mol. The fourth-order valence-electron chi connectivity index (χ4n) is 2.97. The maximum atomic E-state index is 14.1. The SMILES string of the molecule is NC[C@H]1CN(c2cccc(C3CCNCC3F)c2)C(=O)O1. The fraction of sp³-hybridized carbons (Fsp3) is 0.533. The van der Waals surface area contributed by atoms with Crippen LogP contribution in [0.2, 0.25) is 0 Å². The zero-order valence-electron chi connectivity index (χ0n) is 11.8. The van der Waals surface area contributed by atoms with Crippen LogP contribution in [0, 0.1) is 0 Å². The van der Waals surface area contributed by atoms with Crippen LogP contribution >= 0.6 is 0 Å². The van der Waals surface area contributed by atoms with Crippen LogP contribution in [0.1, 0.15) is 17.9 Å². The van der Waals surface area contributed by atoms with Crippen LogP contribution in [0.15, 0.2) is 24.3 Å². The quantitative estimate of drug-likeness (QED) is 0.883. The Hall–Kier alpha value is -1.66. The van der Waals surface area contributed by atoms with E-state index in [4.69, 9.17) is 10.5 Å². The number of amides is 1. The summed E-state index contributed by atoms with van der Waals surface area (Å²) in [4.78, 5) is 13.4. The Bertz CT molecular complexity index is 525. The molecule has 0 spiro atoms. The van der Waals surface area contributed by atoms with Crippen LogP contribution < -0.4 is 16.0 Å². The molecule has 5 nitrogen and oxygen atoms in total. The molecule has 0 aliphatic carbocycles. The van der Waals surface area contributed by atoms with Gasteiger partial charge >= 0.3 is 6.09 Å². The van der Waals surface area contributed by atoms with Crippen LogP contribution in [0.25, 0.3) is 0 Å². The van der Waals surface area contributed by atoms with Crippen molar-refractivity contribution in [3.63, 3.8) is 0 Å². The highest BCUT2D eigenvalue weighted by atomic mass is 19.1. The van der Waals surface area contributed by atoms with Crippen molar-refractivity contribution in [3.05, 3.63) is 29.8 Å². The van der Waals surface area contributed by atoms with E-state index in [-0.39, 0.29) is 18.1 Å². The highest BCUT2D eigenvalue weighted by Gasteiger charge is 2.32. The normalized spacial score (nSPS) is 29.5. The molecule has 6 heteroatoms. The molecular formula is C15H20FN3O2. The Balaban J connectivity index is 1.81. The van der Waals surface area contributed by atoms with Crippen LogP contribution in [0.5, 0.6) is 0 Å². The zero-order valence-corrected chi connectivity index (χ0v) is 11.8. The second-order valence-electron chi connectivity index (χ2n) is 5.56. The molecule has 1 amide bonds. The van der Waals surface area contributed by atoms with Crippen molar-refractivity contribution in [2.45, 2.75) is 24.6 Å². The van der Waals surface area contributed by atoms with Gasteiger partial charge in [-0.05, 0) is 30.7 Å². The number of hydrogen-bond acceptors (Lipinski definition) is 4.